The van der Waals surface area contributed by atoms with Crippen molar-refractivity contribution >= 4 is 16.8 Å². The highest BCUT2D eigenvalue weighted by Crippen LogP contribution is 2.47. The fourth-order valence-corrected chi connectivity index (χ4v) is 4.10. The zero-order valence-electron chi connectivity index (χ0n) is 18.2. The van der Waals surface area contributed by atoms with Gasteiger partial charge in [-0.15, -0.1) is 0 Å². The number of piperidine rings is 1. The molecule has 0 radical (unpaired) electrons. The van der Waals surface area contributed by atoms with Crippen molar-refractivity contribution in [3.63, 3.8) is 0 Å². The molecule has 3 aromatic rings. The first-order valence-electron chi connectivity index (χ1n) is 10.8. The summed E-state index contributed by atoms with van der Waals surface area (Å²) < 4.78 is 23.7. The number of carbonyl (C=O) groups is 1. The number of ketones is 1. The van der Waals surface area contributed by atoms with E-state index in [1.807, 2.05) is 30.3 Å². The lowest BCUT2D eigenvalue weighted by Gasteiger charge is -2.26. The molecule has 1 aromatic heterocycles. The molecular weight excluding hydrogens is 394 g/mol. The molecule has 0 aliphatic carbocycles. The van der Waals surface area contributed by atoms with Gasteiger partial charge in [-0.3, -0.25) is 9.69 Å². The summed E-state index contributed by atoms with van der Waals surface area (Å²) in [6.07, 6.45) is 5.30. The first-order valence-corrected chi connectivity index (χ1v) is 10.8. The van der Waals surface area contributed by atoms with Gasteiger partial charge >= 0.3 is 0 Å². The van der Waals surface area contributed by atoms with Crippen molar-refractivity contribution in [3.8, 4) is 17.2 Å². The second-order valence-electron chi connectivity index (χ2n) is 7.81. The van der Waals surface area contributed by atoms with Crippen LogP contribution < -0.4 is 14.2 Å². The zero-order chi connectivity index (χ0) is 21.6. The summed E-state index contributed by atoms with van der Waals surface area (Å²) in [5, 5.41) is 0.696. The number of carbonyl (C=O) groups excluding carboxylic acids is 1. The Morgan fingerprint density at radius 2 is 1.77 bits per heavy atom. The second-order valence-corrected chi connectivity index (χ2v) is 7.81. The Kier molecular flexibility index (Phi) is 6.77. The van der Waals surface area contributed by atoms with Crippen LogP contribution in [0.1, 0.15) is 42.1 Å². The Morgan fingerprint density at radius 1 is 1.00 bits per heavy atom. The van der Waals surface area contributed by atoms with Crippen LogP contribution in [0.25, 0.3) is 11.0 Å². The largest absolute Gasteiger partial charge is 0.490 e. The number of hydrogen-bond donors (Lipinski definition) is 0. The first-order chi connectivity index (χ1) is 15.2. The average molecular weight is 424 g/mol. The summed E-state index contributed by atoms with van der Waals surface area (Å²) in [4.78, 5) is 15.1. The number of fused-ring (bicyclic) bond motifs is 1. The number of hydrogen-bond acceptors (Lipinski definition) is 6. The van der Waals surface area contributed by atoms with Gasteiger partial charge < -0.3 is 18.6 Å². The number of furan rings is 1. The van der Waals surface area contributed by atoms with Gasteiger partial charge in [-0.05, 0) is 44.5 Å². The Labute approximate surface area is 182 Å². The molecule has 2 aromatic carbocycles. The fraction of sp³-hybridized carbons (Fsp3) is 0.400. The van der Waals surface area contributed by atoms with Crippen LogP contribution in [0.15, 0.2) is 47.1 Å². The van der Waals surface area contributed by atoms with E-state index in [9.17, 15) is 4.79 Å². The second kappa shape index (κ2) is 9.88. The molecule has 6 nitrogen and oxygen atoms in total. The summed E-state index contributed by atoms with van der Waals surface area (Å²) in [5.74, 6) is 1.14. The van der Waals surface area contributed by atoms with Crippen molar-refractivity contribution in [2.24, 2.45) is 0 Å². The number of ether oxygens (including phenoxy) is 3. The number of likely N-dealkylation sites (tertiary alicyclic amines) is 1. The van der Waals surface area contributed by atoms with Crippen molar-refractivity contribution in [1.29, 1.82) is 0 Å². The minimum atomic E-state index is -0.141. The first kappa shape index (κ1) is 21.2. The summed E-state index contributed by atoms with van der Waals surface area (Å²) in [5.41, 5.74) is 1.92. The maximum Gasteiger partial charge on any atom is 0.205 e. The van der Waals surface area contributed by atoms with E-state index in [2.05, 4.69) is 4.90 Å². The molecule has 6 heteroatoms. The van der Waals surface area contributed by atoms with E-state index in [1.54, 1.807) is 19.4 Å². The molecule has 0 saturated carbocycles. The topological polar surface area (TPSA) is 61.1 Å². The van der Waals surface area contributed by atoms with Crippen LogP contribution in [0.2, 0.25) is 0 Å². The van der Waals surface area contributed by atoms with Gasteiger partial charge in [-0.2, -0.15) is 0 Å². The van der Waals surface area contributed by atoms with E-state index >= 15 is 0 Å². The van der Waals surface area contributed by atoms with Gasteiger partial charge in [0.25, 0.3) is 0 Å². The highest BCUT2D eigenvalue weighted by molar-refractivity contribution is 6.08. The number of nitrogens with zero attached hydrogens (tertiary/aromatic N) is 1. The third-order valence-corrected chi connectivity index (χ3v) is 5.66. The lowest BCUT2D eigenvalue weighted by atomic mass is 10.0. The lowest BCUT2D eigenvalue weighted by Crippen LogP contribution is -2.33. The average Bonchev–Trinajstić information content (AvgIpc) is 3.28. The highest BCUT2D eigenvalue weighted by atomic mass is 16.5. The molecule has 1 saturated heterocycles. The molecule has 1 aliphatic heterocycles. The fourth-order valence-electron chi connectivity index (χ4n) is 4.10. The lowest BCUT2D eigenvalue weighted by molar-refractivity contribution is 0.100. The minimum absolute atomic E-state index is 0.141. The van der Waals surface area contributed by atoms with E-state index in [0.717, 1.165) is 25.2 Å². The molecule has 0 bridgehead atoms. The van der Waals surface area contributed by atoms with E-state index in [1.165, 1.54) is 26.2 Å². The zero-order valence-corrected chi connectivity index (χ0v) is 18.2. The van der Waals surface area contributed by atoms with Gasteiger partial charge in [0.05, 0.1) is 18.8 Å². The molecule has 164 valence electrons. The van der Waals surface area contributed by atoms with Crippen LogP contribution in [0.4, 0.5) is 0 Å². The van der Waals surface area contributed by atoms with Gasteiger partial charge in [0.2, 0.25) is 5.75 Å². The minimum Gasteiger partial charge on any atom is -0.490 e. The van der Waals surface area contributed by atoms with Crippen molar-refractivity contribution < 1.29 is 23.4 Å². The molecule has 0 unspecified atom stereocenters. The Hall–Kier alpha value is -2.99. The van der Waals surface area contributed by atoms with E-state index < -0.39 is 0 Å². The van der Waals surface area contributed by atoms with Crippen molar-refractivity contribution in [2.45, 2.75) is 32.8 Å². The maximum absolute atomic E-state index is 12.7. The Bertz CT molecular complexity index is 1020. The predicted molar refractivity (Wildman–Crippen MR) is 119 cm³/mol. The third-order valence-electron chi connectivity index (χ3n) is 5.66. The molecule has 0 atom stereocenters. The monoisotopic (exact) mass is 423 g/mol. The SMILES string of the molecule is COc1c(OCCN2CCCCC2)c(C(C)=O)c(OCc2ccccc2)c2ccoc12. The summed E-state index contributed by atoms with van der Waals surface area (Å²) in [6, 6.07) is 11.6. The van der Waals surface area contributed by atoms with E-state index in [0.29, 0.717) is 47.0 Å². The summed E-state index contributed by atoms with van der Waals surface area (Å²) >= 11 is 0. The van der Waals surface area contributed by atoms with Crippen LogP contribution in [0.3, 0.4) is 0 Å². The van der Waals surface area contributed by atoms with Crippen molar-refractivity contribution in [3.05, 3.63) is 53.8 Å². The van der Waals surface area contributed by atoms with Crippen LogP contribution >= 0.6 is 0 Å². The highest BCUT2D eigenvalue weighted by Gasteiger charge is 2.28. The molecule has 2 heterocycles. The van der Waals surface area contributed by atoms with Crippen LogP contribution in [-0.4, -0.2) is 44.0 Å². The molecule has 4 rings (SSSR count). The molecule has 31 heavy (non-hydrogen) atoms. The maximum atomic E-state index is 12.7. The number of Topliss-reactive ketones (excluding diaryl/α,β-unsaturated/α-hetero) is 1. The van der Waals surface area contributed by atoms with Crippen molar-refractivity contribution in [2.75, 3.05) is 33.4 Å². The number of methoxy groups -OCH3 is 1. The summed E-state index contributed by atoms with van der Waals surface area (Å²) in [7, 11) is 1.56. The molecule has 0 N–H and O–H groups in total. The quantitative estimate of drug-likeness (QED) is 0.447. The molecular formula is C25H29NO5. The number of rotatable bonds is 9. The van der Waals surface area contributed by atoms with Crippen LogP contribution in [-0.2, 0) is 6.61 Å². The number of benzene rings is 2. The Balaban J connectivity index is 1.67. The molecule has 1 aliphatic rings. The van der Waals surface area contributed by atoms with Crippen LogP contribution in [0, 0.1) is 0 Å². The predicted octanol–water partition coefficient (Wildman–Crippen LogP) is 5.09. The third kappa shape index (κ3) is 4.69. The van der Waals surface area contributed by atoms with Gasteiger partial charge in [-0.25, -0.2) is 0 Å². The van der Waals surface area contributed by atoms with Gasteiger partial charge in [0.15, 0.2) is 17.1 Å². The standard InChI is InChI=1S/C25H29NO5/c1-18(27)21-22(31-17-19-9-5-3-6-10-19)20-11-15-29-23(20)25(28-2)24(21)30-16-14-26-12-7-4-8-13-26/h3,5-6,9-11,15H,4,7-8,12-14,16-17H2,1-2H3. The van der Waals surface area contributed by atoms with E-state index in [4.69, 9.17) is 18.6 Å². The molecule has 0 amide bonds. The van der Waals surface area contributed by atoms with Gasteiger partial charge in [0, 0.05) is 6.54 Å². The summed E-state index contributed by atoms with van der Waals surface area (Å²) in [6.45, 7) is 5.29. The van der Waals surface area contributed by atoms with E-state index in [-0.39, 0.29) is 5.78 Å². The van der Waals surface area contributed by atoms with Gasteiger partial charge in [-0.1, -0.05) is 36.8 Å². The normalized spacial score (nSPS) is 14.5. The Morgan fingerprint density at radius 3 is 2.48 bits per heavy atom. The smallest absolute Gasteiger partial charge is 0.205 e. The van der Waals surface area contributed by atoms with Crippen molar-refractivity contribution in [1.82, 2.24) is 4.90 Å². The molecule has 1 fully saturated rings. The van der Waals surface area contributed by atoms with Gasteiger partial charge in [0.1, 0.15) is 24.5 Å². The van der Waals surface area contributed by atoms with Crippen LogP contribution in [0.5, 0.6) is 17.2 Å². The molecule has 0 spiro atoms.